The maximum absolute atomic E-state index is 11.8. The molecular weight excluding hydrogens is 339 g/mol. The summed E-state index contributed by atoms with van der Waals surface area (Å²) in [6, 6.07) is 2.71. The van der Waals surface area contributed by atoms with Crippen molar-refractivity contribution in [3.63, 3.8) is 0 Å². The van der Waals surface area contributed by atoms with Gasteiger partial charge in [-0.3, -0.25) is 4.79 Å². The maximum Gasteiger partial charge on any atom is 0.260 e. The number of rotatable bonds is 5. The van der Waals surface area contributed by atoms with E-state index in [0.29, 0.717) is 0 Å². The number of amides is 1. The highest BCUT2D eigenvalue weighted by Gasteiger charge is 2.27. The van der Waals surface area contributed by atoms with Gasteiger partial charge in [-0.05, 0) is 31.9 Å². The number of halogens is 2. The van der Waals surface area contributed by atoms with Crippen molar-refractivity contribution in [2.75, 3.05) is 0 Å². The highest BCUT2D eigenvalue weighted by molar-refractivity contribution is 7.89. The Balaban J connectivity index is 2.17. The van der Waals surface area contributed by atoms with Gasteiger partial charge in [-0.15, -0.1) is 0 Å². The Labute approximate surface area is 132 Å². The van der Waals surface area contributed by atoms with Gasteiger partial charge in [0.05, 0.1) is 5.02 Å². The van der Waals surface area contributed by atoms with Crippen LogP contribution in [0.15, 0.2) is 17.0 Å². The number of nitrogens with one attached hydrogen (secondary N) is 1. The fourth-order valence-corrected chi connectivity index (χ4v) is 2.97. The number of sulfonamides is 1. The highest BCUT2D eigenvalue weighted by atomic mass is 35.5. The summed E-state index contributed by atoms with van der Waals surface area (Å²) in [6.45, 7) is 1.57. The van der Waals surface area contributed by atoms with Crippen LogP contribution in [0.1, 0.15) is 19.8 Å². The van der Waals surface area contributed by atoms with Crippen molar-refractivity contribution < 1.29 is 17.9 Å². The molecule has 1 aliphatic rings. The molecule has 6 nitrogen and oxygen atoms in total. The Morgan fingerprint density at radius 1 is 1.38 bits per heavy atom. The molecule has 1 saturated carbocycles. The first-order valence-electron chi connectivity index (χ1n) is 6.18. The van der Waals surface area contributed by atoms with Crippen LogP contribution in [0.3, 0.4) is 0 Å². The van der Waals surface area contributed by atoms with E-state index in [-0.39, 0.29) is 32.6 Å². The minimum atomic E-state index is -3.98. The summed E-state index contributed by atoms with van der Waals surface area (Å²) >= 11 is 11.8. The quantitative estimate of drug-likeness (QED) is 0.842. The van der Waals surface area contributed by atoms with Crippen LogP contribution in [0, 0.1) is 0 Å². The molecule has 0 aromatic heterocycles. The van der Waals surface area contributed by atoms with Gasteiger partial charge in [0.1, 0.15) is 15.7 Å². The lowest BCUT2D eigenvalue weighted by molar-refractivity contribution is -0.127. The van der Waals surface area contributed by atoms with Gasteiger partial charge in [-0.25, -0.2) is 13.6 Å². The summed E-state index contributed by atoms with van der Waals surface area (Å²) in [7, 11) is -3.98. The van der Waals surface area contributed by atoms with Crippen molar-refractivity contribution >= 4 is 39.1 Å². The van der Waals surface area contributed by atoms with Crippen LogP contribution in [0.4, 0.5) is 0 Å². The van der Waals surface area contributed by atoms with E-state index in [1.54, 1.807) is 6.92 Å². The van der Waals surface area contributed by atoms with Crippen molar-refractivity contribution in [1.82, 2.24) is 5.32 Å². The number of hydrogen-bond donors (Lipinski definition) is 2. The number of ether oxygens (including phenoxy) is 1. The third kappa shape index (κ3) is 4.00. The topological polar surface area (TPSA) is 98.5 Å². The molecule has 9 heteroatoms. The monoisotopic (exact) mass is 352 g/mol. The number of benzene rings is 1. The number of carbonyl (C=O) groups is 1. The lowest BCUT2D eigenvalue weighted by Gasteiger charge is -2.16. The van der Waals surface area contributed by atoms with E-state index < -0.39 is 16.1 Å². The Morgan fingerprint density at radius 2 is 2.00 bits per heavy atom. The lowest BCUT2D eigenvalue weighted by Crippen LogP contribution is -2.37. The summed E-state index contributed by atoms with van der Waals surface area (Å²) in [5.41, 5.74) is 0. The molecule has 1 aliphatic carbocycles. The zero-order valence-electron chi connectivity index (χ0n) is 11.1. The van der Waals surface area contributed by atoms with E-state index in [1.165, 1.54) is 12.1 Å². The first kappa shape index (κ1) is 16.4. The predicted molar refractivity (Wildman–Crippen MR) is 79.1 cm³/mol. The van der Waals surface area contributed by atoms with Crippen LogP contribution < -0.4 is 15.2 Å². The lowest BCUT2D eigenvalue weighted by atomic mass is 10.3. The molecule has 0 aliphatic heterocycles. The van der Waals surface area contributed by atoms with Crippen LogP contribution in [0.25, 0.3) is 0 Å². The van der Waals surface area contributed by atoms with Gasteiger partial charge in [-0.1, -0.05) is 23.2 Å². The molecule has 0 spiro atoms. The standard InChI is InChI=1S/C12H14Cl2N2O4S/c1-6(12(17)16-7-2-3-7)20-8-4-5-9(21(15,18)19)11(14)10(8)13/h4-7H,2-3H2,1H3,(H,16,17)(H2,15,18,19). The minimum Gasteiger partial charge on any atom is -0.479 e. The summed E-state index contributed by atoms with van der Waals surface area (Å²) in [6.07, 6.45) is 1.15. The van der Waals surface area contributed by atoms with E-state index in [2.05, 4.69) is 5.32 Å². The number of hydrogen-bond acceptors (Lipinski definition) is 4. The number of primary sulfonamides is 1. The van der Waals surface area contributed by atoms with Gasteiger partial charge < -0.3 is 10.1 Å². The van der Waals surface area contributed by atoms with Crippen molar-refractivity contribution in [3.8, 4) is 5.75 Å². The minimum absolute atomic E-state index is 0.103. The fraction of sp³-hybridized carbons (Fsp3) is 0.417. The van der Waals surface area contributed by atoms with Crippen molar-refractivity contribution in [2.24, 2.45) is 5.14 Å². The molecule has 21 heavy (non-hydrogen) atoms. The van der Waals surface area contributed by atoms with Crippen molar-refractivity contribution in [3.05, 3.63) is 22.2 Å². The molecule has 2 rings (SSSR count). The molecule has 1 aromatic rings. The largest absolute Gasteiger partial charge is 0.479 e. The number of carbonyl (C=O) groups excluding carboxylic acids is 1. The maximum atomic E-state index is 11.8. The van der Waals surface area contributed by atoms with Crippen molar-refractivity contribution in [1.29, 1.82) is 0 Å². The van der Waals surface area contributed by atoms with E-state index in [4.69, 9.17) is 33.1 Å². The summed E-state index contributed by atoms with van der Waals surface area (Å²) < 4.78 is 28.0. The first-order chi connectivity index (χ1) is 9.70. The molecule has 1 unspecified atom stereocenters. The Hall–Kier alpha value is -1.02. The summed E-state index contributed by atoms with van der Waals surface area (Å²) in [5, 5.41) is 7.47. The van der Waals surface area contributed by atoms with E-state index in [9.17, 15) is 13.2 Å². The molecule has 1 atom stereocenters. The Morgan fingerprint density at radius 3 is 2.52 bits per heavy atom. The second kappa shape index (κ2) is 6.00. The number of nitrogens with two attached hydrogens (primary N) is 1. The van der Waals surface area contributed by atoms with Crippen LogP contribution >= 0.6 is 23.2 Å². The molecule has 0 bridgehead atoms. The normalized spacial score (nSPS) is 16.4. The van der Waals surface area contributed by atoms with Gasteiger partial charge in [0, 0.05) is 6.04 Å². The third-order valence-electron chi connectivity index (χ3n) is 2.91. The summed E-state index contributed by atoms with van der Waals surface area (Å²) in [5.74, 6) is -0.146. The molecule has 1 fully saturated rings. The molecule has 0 radical (unpaired) electrons. The van der Waals surface area contributed by atoms with E-state index in [1.807, 2.05) is 0 Å². The van der Waals surface area contributed by atoms with Crippen LogP contribution in [0.5, 0.6) is 5.75 Å². The molecule has 0 heterocycles. The van der Waals surface area contributed by atoms with E-state index >= 15 is 0 Å². The predicted octanol–water partition coefficient (Wildman–Crippen LogP) is 1.69. The second-order valence-corrected chi connectivity index (χ2v) is 7.06. The molecule has 1 aromatic carbocycles. The first-order valence-corrected chi connectivity index (χ1v) is 8.48. The smallest absolute Gasteiger partial charge is 0.260 e. The van der Waals surface area contributed by atoms with Gasteiger partial charge in [0.25, 0.3) is 5.91 Å². The highest BCUT2D eigenvalue weighted by Crippen LogP contribution is 2.36. The van der Waals surface area contributed by atoms with Crippen LogP contribution in [-0.2, 0) is 14.8 Å². The van der Waals surface area contributed by atoms with Crippen LogP contribution in [0.2, 0.25) is 10.0 Å². The zero-order chi connectivity index (χ0) is 15.8. The molecule has 0 saturated heterocycles. The van der Waals surface area contributed by atoms with Gasteiger partial charge in [0.2, 0.25) is 10.0 Å². The van der Waals surface area contributed by atoms with Crippen molar-refractivity contribution in [2.45, 2.75) is 36.8 Å². The second-order valence-electron chi connectivity index (χ2n) is 4.78. The van der Waals surface area contributed by atoms with Crippen LogP contribution in [-0.4, -0.2) is 26.5 Å². The van der Waals surface area contributed by atoms with E-state index in [0.717, 1.165) is 12.8 Å². The molecular formula is C12H14Cl2N2O4S. The average molecular weight is 353 g/mol. The van der Waals surface area contributed by atoms with Gasteiger partial charge in [0.15, 0.2) is 6.10 Å². The third-order valence-corrected chi connectivity index (χ3v) is 4.84. The van der Waals surface area contributed by atoms with Gasteiger partial charge in [-0.2, -0.15) is 0 Å². The SMILES string of the molecule is CC(Oc1ccc(S(N)(=O)=O)c(Cl)c1Cl)C(=O)NC1CC1. The van der Waals surface area contributed by atoms with Gasteiger partial charge >= 0.3 is 0 Å². The molecule has 1 amide bonds. The zero-order valence-corrected chi connectivity index (χ0v) is 13.4. The Kier molecular flexibility index (Phi) is 4.67. The Bertz CT molecular complexity index is 674. The summed E-state index contributed by atoms with van der Waals surface area (Å²) in [4.78, 5) is 11.5. The molecule has 3 N–H and O–H groups in total. The fourth-order valence-electron chi connectivity index (χ4n) is 1.61. The average Bonchev–Trinajstić information content (AvgIpc) is 3.17. The molecule has 116 valence electrons.